The minimum atomic E-state index is -0.330. The number of nitrogens with one attached hydrogen (secondary N) is 2. The summed E-state index contributed by atoms with van der Waals surface area (Å²) in [5.41, 5.74) is 5.71. The van der Waals surface area contributed by atoms with Crippen LogP contribution in [0.25, 0.3) is 5.69 Å². The topological polar surface area (TPSA) is 105 Å². The first-order valence-corrected chi connectivity index (χ1v) is 15.5. The van der Waals surface area contributed by atoms with Crippen molar-refractivity contribution in [1.29, 1.82) is 0 Å². The van der Waals surface area contributed by atoms with Crippen molar-refractivity contribution in [3.05, 3.63) is 100 Å². The maximum atomic E-state index is 13.7. The van der Waals surface area contributed by atoms with Gasteiger partial charge in [-0.25, -0.2) is 4.68 Å². The smallest absolute Gasteiger partial charge is 0.273 e. The zero-order valence-corrected chi connectivity index (χ0v) is 28.5. The van der Waals surface area contributed by atoms with E-state index >= 15 is 0 Å². The molecular formula is C36H47N7O3. The predicted octanol–water partition coefficient (Wildman–Crippen LogP) is 5.62. The molecule has 0 aliphatic heterocycles. The number of methoxy groups -OCH3 is 1. The molecule has 1 unspecified atom stereocenters. The summed E-state index contributed by atoms with van der Waals surface area (Å²) in [6.45, 7) is 12.8. The van der Waals surface area contributed by atoms with Gasteiger partial charge in [0.05, 0.1) is 30.7 Å². The number of anilines is 1. The molecule has 0 bridgehead atoms. The number of hydrogen-bond donors (Lipinski definition) is 2. The van der Waals surface area contributed by atoms with Crippen molar-refractivity contribution in [3.8, 4) is 11.4 Å². The minimum absolute atomic E-state index is 0.143. The van der Waals surface area contributed by atoms with Crippen molar-refractivity contribution in [2.45, 2.75) is 52.6 Å². The van der Waals surface area contributed by atoms with Crippen LogP contribution in [0.4, 0.5) is 5.69 Å². The Kier molecular flexibility index (Phi) is 11.0. The first-order valence-electron chi connectivity index (χ1n) is 15.5. The van der Waals surface area contributed by atoms with E-state index in [1.54, 1.807) is 25.4 Å². The summed E-state index contributed by atoms with van der Waals surface area (Å²) in [5, 5.41) is 14.4. The van der Waals surface area contributed by atoms with Crippen molar-refractivity contribution < 1.29 is 14.3 Å². The van der Waals surface area contributed by atoms with Crippen molar-refractivity contribution in [2.24, 2.45) is 0 Å². The first-order chi connectivity index (χ1) is 21.8. The number of rotatable bonds is 12. The van der Waals surface area contributed by atoms with Gasteiger partial charge in [-0.1, -0.05) is 68.4 Å². The van der Waals surface area contributed by atoms with Crippen molar-refractivity contribution in [1.82, 2.24) is 30.1 Å². The molecule has 1 heterocycles. The summed E-state index contributed by atoms with van der Waals surface area (Å²) in [4.78, 5) is 31.1. The molecule has 244 valence electrons. The van der Waals surface area contributed by atoms with Gasteiger partial charge in [0, 0.05) is 30.8 Å². The van der Waals surface area contributed by atoms with E-state index in [1.807, 2.05) is 56.3 Å². The number of aromatic nitrogens is 3. The van der Waals surface area contributed by atoms with Crippen LogP contribution in [0, 0.1) is 6.92 Å². The minimum Gasteiger partial charge on any atom is -0.494 e. The first kappa shape index (κ1) is 34.3. The Morgan fingerprint density at radius 3 is 2.35 bits per heavy atom. The van der Waals surface area contributed by atoms with Crippen LogP contribution < -0.4 is 15.4 Å². The number of nitrogens with zero attached hydrogens (tertiary/aromatic N) is 5. The zero-order valence-electron chi connectivity index (χ0n) is 28.5. The van der Waals surface area contributed by atoms with Crippen molar-refractivity contribution in [2.75, 3.05) is 46.7 Å². The van der Waals surface area contributed by atoms with E-state index in [0.717, 1.165) is 35.3 Å². The van der Waals surface area contributed by atoms with Crippen LogP contribution in [0.15, 0.2) is 66.9 Å². The molecule has 4 rings (SSSR count). The number of carbonyl (C=O) groups is 2. The Morgan fingerprint density at radius 1 is 0.978 bits per heavy atom. The van der Waals surface area contributed by atoms with E-state index in [-0.39, 0.29) is 29.0 Å². The van der Waals surface area contributed by atoms with Gasteiger partial charge in [0.2, 0.25) is 0 Å². The Bertz CT molecular complexity index is 1660. The van der Waals surface area contributed by atoms with Gasteiger partial charge >= 0.3 is 0 Å². The average Bonchev–Trinajstić information content (AvgIpc) is 3.50. The lowest BCUT2D eigenvalue weighted by Crippen LogP contribution is -2.28. The zero-order chi connectivity index (χ0) is 33.6. The summed E-state index contributed by atoms with van der Waals surface area (Å²) in [6.07, 6.45) is 1.58. The lowest BCUT2D eigenvalue weighted by Gasteiger charge is -2.26. The second-order valence-electron chi connectivity index (χ2n) is 13.1. The molecule has 0 radical (unpaired) electrons. The summed E-state index contributed by atoms with van der Waals surface area (Å²) in [5.74, 6) is 0.0254. The SMILES string of the molecule is COc1c(CN(C)CCN(C)C)cc(C(C)(C)C)cc1NC(=O)c1ccc(C)c(-n2cc(C(=O)NC(C)c3ccccc3)nn2)c1. The van der Waals surface area contributed by atoms with E-state index in [1.165, 1.54) is 4.68 Å². The molecule has 4 aromatic rings. The number of aryl methyl sites for hydroxylation is 1. The molecule has 0 saturated heterocycles. The quantitative estimate of drug-likeness (QED) is 0.211. The van der Waals surface area contributed by atoms with Crippen LogP contribution >= 0.6 is 0 Å². The Balaban J connectivity index is 1.58. The fourth-order valence-corrected chi connectivity index (χ4v) is 5.09. The average molecular weight is 626 g/mol. The van der Waals surface area contributed by atoms with Crippen molar-refractivity contribution >= 4 is 17.5 Å². The highest BCUT2D eigenvalue weighted by atomic mass is 16.5. The molecule has 10 nitrogen and oxygen atoms in total. The lowest BCUT2D eigenvalue weighted by molar-refractivity contribution is 0.0934. The number of amides is 2. The molecule has 46 heavy (non-hydrogen) atoms. The van der Waals surface area contributed by atoms with E-state index in [0.29, 0.717) is 29.2 Å². The highest BCUT2D eigenvalue weighted by molar-refractivity contribution is 6.05. The fraction of sp³-hybridized carbons (Fsp3) is 0.389. The summed E-state index contributed by atoms with van der Waals surface area (Å²) < 4.78 is 7.41. The van der Waals surface area contributed by atoms with Gasteiger partial charge in [0.1, 0.15) is 5.75 Å². The van der Waals surface area contributed by atoms with Gasteiger partial charge in [0.15, 0.2) is 5.69 Å². The molecular weight excluding hydrogens is 578 g/mol. The van der Waals surface area contributed by atoms with E-state index < -0.39 is 0 Å². The predicted molar refractivity (Wildman–Crippen MR) is 183 cm³/mol. The van der Waals surface area contributed by atoms with Crippen LogP contribution in [0.1, 0.15) is 76.8 Å². The monoisotopic (exact) mass is 625 g/mol. The van der Waals surface area contributed by atoms with E-state index in [9.17, 15) is 9.59 Å². The summed E-state index contributed by atoms with van der Waals surface area (Å²) in [6, 6.07) is 19.1. The Morgan fingerprint density at radius 2 is 1.70 bits per heavy atom. The number of benzene rings is 3. The number of likely N-dealkylation sites (N-methyl/N-ethyl adjacent to an activating group) is 2. The van der Waals surface area contributed by atoms with E-state index in [4.69, 9.17) is 4.74 Å². The molecule has 3 aromatic carbocycles. The van der Waals surface area contributed by atoms with Gasteiger partial charge in [-0.3, -0.25) is 9.59 Å². The third-order valence-electron chi connectivity index (χ3n) is 7.94. The molecule has 0 saturated carbocycles. The van der Waals surface area contributed by atoms with Crippen LogP contribution in [-0.2, 0) is 12.0 Å². The molecule has 0 fully saturated rings. The molecule has 2 amide bonds. The van der Waals surface area contributed by atoms with Gasteiger partial charge in [0.25, 0.3) is 11.8 Å². The normalized spacial score (nSPS) is 12.3. The van der Waals surface area contributed by atoms with Crippen LogP contribution in [0.2, 0.25) is 0 Å². The molecule has 0 aliphatic carbocycles. The van der Waals surface area contributed by atoms with Crippen molar-refractivity contribution in [3.63, 3.8) is 0 Å². The van der Waals surface area contributed by atoms with Gasteiger partial charge < -0.3 is 25.2 Å². The van der Waals surface area contributed by atoms with Gasteiger partial charge in [-0.15, -0.1) is 5.10 Å². The maximum Gasteiger partial charge on any atom is 0.273 e. The van der Waals surface area contributed by atoms with Gasteiger partial charge in [-0.05, 0) is 75.3 Å². The van der Waals surface area contributed by atoms with Crippen LogP contribution in [0.3, 0.4) is 0 Å². The molecule has 10 heteroatoms. The second kappa shape index (κ2) is 14.7. The highest BCUT2D eigenvalue weighted by Gasteiger charge is 2.23. The number of carbonyl (C=O) groups excluding carboxylic acids is 2. The molecule has 0 aliphatic rings. The molecule has 1 atom stereocenters. The number of hydrogen-bond acceptors (Lipinski definition) is 7. The summed E-state index contributed by atoms with van der Waals surface area (Å²) >= 11 is 0. The van der Waals surface area contributed by atoms with Crippen LogP contribution in [0.5, 0.6) is 5.75 Å². The third kappa shape index (κ3) is 8.58. The largest absolute Gasteiger partial charge is 0.494 e. The number of ether oxygens (including phenoxy) is 1. The third-order valence-corrected chi connectivity index (χ3v) is 7.94. The second-order valence-corrected chi connectivity index (χ2v) is 13.1. The maximum absolute atomic E-state index is 13.7. The van der Waals surface area contributed by atoms with Crippen LogP contribution in [-0.4, -0.2) is 78.0 Å². The fourth-order valence-electron chi connectivity index (χ4n) is 5.09. The standard InChI is InChI=1S/C36H47N7O3/c1-24-15-16-27(20-32(24)43-23-31(39-40-43)35(45)37-25(2)26-13-11-10-12-14-26)34(44)38-30-21-29(36(3,4)5)19-28(33(30)46-9)22-42(8)18-17-41(6)7/h10-16,19-21,23,25H,17-18,22H2,1-9H3,(H,37,45)(H,38,44). The summed E-state index contributed by atoms with van der Waals surface area (Å²) in [7, 11) is 7.84. The molecule has 0 spiro atoms. The van der Waals surface area contributed by atoms with Gasteiger partial charge in [-0.2, -0.15) is 0 Å². The Labute approximate surface area is 272 Å². The molecule has 1 aromatic heterocycles. The molecule has 2 N–H and O–H groups in total. The lowest BCUT2D eigenvalue weighted by atomic mass is 9.85. The highest BCUT2D eigenvalue weighted by Crippen LogP contribution is 2.36. The Hall–Kier alpha value is -4.54. The van der Waals surface area contributed by atoms with E-state index in [2.05, 4.69) is 78.7 Å².